The van der Waals surface area contributed by atoms with Gasteiger partial charge in [0.05, 0.1) is 0 Å². The molecule has 1 N–H and O–H groups in total. The molecule has 3 heteroatoms. The highest BCUT2D eigenvalue weighted by molar-refractivity contribution is 4.73. The highest BCUT2D eigenvalue weighted by Gasteiger charge is 2.17. The standard InChI is InChI=1S/C13H28N2O/c1-3-14-12-13-6-9-15(10-7-13)8-5-11-16-4-2/h13-14H,3-12H2,1-2H3. The fraction of sp³-hybridized carbons (Fsp3) is 1.00. The zero-order valence-corrected chi connectivity index (χ0v) is 11.0. The molecule has 1 aliphatic heterocycles. The van der Waals surface area contributed by atoms with Gasteiger partial charge in [0, 0.05) is 19.8 Å². The van der Waals surface area contributed by atoms with Crippen LogP contribution in [0.1, 0.15) is 33.1 Å². The number of hydrogen-bond donors (Lipinski definition) is 1. The van der Waals surface area contributed by atoms with Crippen LogP contribution >= 0.6 is 0 Å². The van der Waals surface area contributed by atoms with E-state index in [1.807, 2.05) is 0 Å². The van der Waals surface area contributed by atoms with Crippen molar-refractivity contribution in [1.29, 1.82) is 0 Å². The van der Waals surface area contributed by atoms with Crippen molar-refractivity contribution in [2.75, 3.05) is 45.9 Å². The third kappa shape index (κ3) is 5.83. The summed E-state index contributed by atoms with van der Waals surface area (Å²) in [6.07, 6.45) is 3.91. The predicted octanol–water partition coefficient (Wildman–Crippen LogP) is 1.73. The molecule has 96 valence electrons. The minimum absolute atomic E-state index is 0.852. The van der Waals surface area contributed by atoms with Crippen molar-refractivity contribution in [3.8, 4) is 0 Å². The molecular weight excluding hydrogens is 200 g/mol. The second-order valence-corrected chi connectivity index (χ2v) is 4.64. The Bertz CT molecular complexity index is 156. The van der Waals surface area contributed by atoms with Crippen LogP contribution in [-0.2, 0) is 4.74 Å². The Morgan fingerprint density at radius 1 is 1.25 bits per heavy atom. The van der Waals surface area contributed by atoms with Crippen molar-refractivity contribution in [2.45, 2.75) is 33.1 Å². The Morgan fingerprint density at radius 3 is 2.62 bits per heavy atom. The van der Waals surface area contributed by atoms with Crippen LogP contribution in [0.25, 0.3) is 0 Å². The lowest BCUT2D eigenvalue weighted by molar-refractivity contribution is 0.120. The first-order valence-electron chi connectivity index (χ1n) is 6.87. The summed E-state index contributed by atoms with van der Waals surface area (Å²) in [6, 6.07) is 0. The van der Waals surface area contributed by atoms with Crippen molar-refractivity contribution in [3.63, 3.8) is 0 Å². The third-order valence-electron chi connectivity index (χ3n) is 3.36. The Balaban J connectivity index is 1.98. The van der Waals surface area contributed by atoms with Crippen LogP contribution in [0.2, 0.25) is 0 Å². The van der Waals surface area contributed by atoms with Crippen LogP contribution in [0.5, 0.6) is 0 Å². The summed E-state index contributed by atoms with van der Waals surface area (Å²) in [7, 11) is 0. The molecule has 0 aromatic rings. The molecule has 3 nitrogen and oxygen atoms in total. The molecule has 0 aromatic heterocycles. The summed E-state index contributed by atoms with van der Waals surface area (Å²) >= 11 is 0. The van der Waals surface area contributed by atoms with Gasteiger partial charge >= 0.3 is 0 Å². The number of piperidine rings is 1. The first kappa shape index (κ1) is 13.9. The average Bonchev–Trinajstić information content (AvgIpc) is 2.33. The molecule has 0 aliphatic carbocycles. The van der Waals surface area contributed by atoms with E-state index < -0.39 is 0 Å². The van der Waals surface area contributed by atoms with E-state index >= 15 is 0 Å². The lowest BCUT2D eigenvalue weighted by Gasteiger charge is -2.31. The van der Waals surface area contributed by atoms with E-state index in [9.17, 15) is 0 Å². The number of ether oxygens (including phenoxy) is 1. The minimum Gasteiger partial charge on any atom is -0.382 e. The van der Waals surface area contributed by atoms with Gasteiger partial charge in [0.25, 0.3) is 0 Å². The summed E-state index contributed by atoms with van der Waals surface area (Å²) < 4.78 is 5.36. The Hall–Kier alpha value is -0.120. The van der Waals surface area contributed by atoms with Gasteiger partial charge in [0.1, 0.15) is 0 Å². The number of nitrogens with one attached hydrogen (secondary N) is 1. The maximum Gasteiger partial charge on any atom is 0.0478 e. The van der Waals surface area contributed by atoms with Gasteiger partial charge in [-0.3, -0.25) is 0 Å². The van der Waals surface area contributed by atoms with Gasteiger partial charge in [-0.1, -0.05) is 6.92 Å². The number of hydrogen-bond acceptors (Lipinski definition) is 3. The van der Waals surface area contributed by atoms with Crippen LogP contribution in [0.3, 0.4) is 0 Å². The van der Waals surface area contributed by atoms with Gasteiger partial charge in [-0.2, -0.15) is 0 Å². The summed E-state index contributed by atoms with van der Waals surface area (Å²) in [5, 5.41) is 3.45. The summed E-state index contributed by atoms with van der Waals surface area (Å²) in [6.45, 7) is 12.1. The number of nitrogens with zero attached hydrogens (tertiary/aromatic N) is 1. The molecule has 16 heavy (non-hydrogen) atoms. The Morgan fingerprint density at radius 2 is 2.00 bits per heavy atom. The van der Waals surface area contributed by atoms with Gasteiger partial charge in [-0.15, -0.1) is 0 Å². The maximum atomic E-state index is 5.36. The van der Waals surface area contributed by atoms with Gasteiger partial charge in [-0.25, -0.2) is 0 Å². The summed E-state index contributed by atoms with van der Waals surface area (Å²) in [5.74, 6) is 0.906. The van der Waals surface area contributed by atoms with Crippen LogP contribution < -0.4 is 5.32 Å². The SMILES string of the molecule is CCNCC1CCN(CCCOCC)CC1. The third-order valence-corrected chi connectivity index (χ3v) is 3.36. The molecular formula is C13H28N2O. The van der Waals surface area contributed by atoms with Crippen molar-refractivity contribution in [2.24, 2.45) is 5.92 Å². The van der Waals surface area contributed by atoms with Crippen molar-refractivity contribution in [1.82, 2.24) is 10.2 Å². The van der Waals surface area contributed by atoms with E-state index in [-0.39, 0.29) is 0 Å². The van der Waals surface area contributed by atoms with Crippen LogP contribution in [-0.4, -0.2) is 50.8 Å². The molecule has 0 aromatic carbocycles. The molecule has 1 fully saturated rings. The number of rotatable bonds is 8. The van der Waals surface area contributed by atoms with Gasteiger partial charge in [-0.05, 0) is 58.3 Å². The lowest BCUT2D eigenvalue weighted by atomic mass is 9.97. The van der Waals surface area contributed by atoms with E-state index in [4.69, 9.17) is 4.74 Å². The quantitative estimate of drug-likeness (QED) is 0.640. The maximum absolute atomic E-state index is 5.36. The highest BCUT2D eigenvalue weighted by Crippen LogP contribution is 2.16. The molecule has 0 amide bonds. The van der Waals surface area contributed by atoms with Crippen LogP contribution in [0, 0.1) is 5.92 Å². The van der Waals surface area contributed by atoms with Crippen LogP contribution in [0.4, 0.5) is 0 Å². The monoisotopic (exact) mass is 228 g/mol. The van der Waals surface area contributed by atoms with E-state index in [0.717, 1.165) is 25.7 Å². The van der Waals surface area contributed by atoms with Crippen molar-refractivity contribution < 1.29 is 4.74 Å². The molecule has 1 heterocycles. The summed E-state index contributed by atoms with van der Waals surface area (Å²) in [4.78, 5) is 2.58. The molecule has 1 saturated heterocycles. The van der Waals surface area contributed by atoms with E-state index in [1.54, 1.807) is 0 Å². The smallest absolute Gasteiger partial charge is 0.0478 e. The molecule has 1 aliphatic rings. The van der Waals surface area contributed by atoms with Gasteiger partial charge < -0.3 is 15.0 Å². The first-order valence-corrected chi connectivity index (χ1v) is 6.87. The van der Waals surface area contributed by atoms with E-state index in [0.29, 0.717) is 0 Å². The summed E-state index contributed by atoms with van der Waals surface area (Å²) in [5.41, 5.74) is 0. The fourth-order valence-electron chi connectivity index (χ4n) is 2.30. The van der Waals surface area contributed by atoms with E-state index in [1.165, 1.54) is 45.4 Å². The van der Waals surface area contributed by atoms with Crippen molar-refractivity contribution in [3.05, 3.63) is 0 Å². The van der Waals surface area contributed by atoms with Gasteiger partial charge in [0.2, 0.25) is 0 Å². The zero-order chi connectivity index (χ0) is 11.6. The molecule has 0 spiro atoms. The Labute approximate surface area is 101 Å². The topological polar surface area (TPSA) is 24.5 Å². The largest absolute Gasteiger partial charge is 0.382 e. The first-order chi connectivity index (χ1) is 7.86. The molecule has 1 rings (SSSR count). The van der Waals surface area contributed by atoms with Crippen molar-refractivity contribution >= 4 is 0 Å². The fourth-order valence-corrected chi connectivity index (χ4v) is 2.30. The second kappa shape index (κ2) is 8.97. The Kier molecular flexibility index (Phi) is 7.81. The normalized spacial score (nSPS) is 19.1. The number of likely N-dealkylation sites (tertiary alicyclic amines) is 1. The van der Waals surface area contributed by atoms with Crippen LogP contribution in [0.15, 0.2) is 0 Å². The molecule has 0 bridgehead atoms. The lowest BCUT2D eigenvalue weighted by Crippen LogP contribution is -2.38. The van der Waals surface area contributed by atoms with Gasteiger partial charge in [0.15, 0.2) is 0 Å². The molecule has 0 radical (unpaired) electrons. The molecule has 0 saturated carbocycles. The molecule has 0 atom stereocenters. The molecule has 0 unspecified atom stereocenters. The predicted molar refractivity (Wildman–Crippen MR) is 68.8 cm³/mol. The second-order valence-electron chi connectivity index (χ2n) is 4.64. The average molecular weight is 228 g/mol. The van der Waals surface area contributed by atoms with E-state index in [2.05, 4.69) is 24.1 Å². The highest BCUT2D eigenvalue weighted by atomic mass is 16.5. The zero-order valence-electron chi connectivity index (χ0n) is 11.0. The minimum atomic E-state index is 0.852.